The highest BCUT2D eigenvalue weighted by atomic mass is 16.3. The van der Waals surface area contributed by atoms with Gasteiger partial charge in [-0.05, 0) is 55.5 Å². The Hall–Kier alpha value is -3.07. The van der Waals surface area contributed by atoms with E-state index in [9.17, 15) is 9.90 Å². The van der Waals surface area contributed by atoms with Crippen molar-refractivity contribution in [3.63, 3.8) is 0 Å². The Morgan fingerprint density at radius 2 is 1.35 bits per heavy atom. The fraction of sp³-hybridized carbons (Fsp3) is 0.0500. The van der Waals surface area contributed by atoms with E-state index in [0.29, 0.717) is 11.3 Å². The van der Waals surface area contributed by atoms with E-state index in [-0.39, 0.29) is 11.5 Å². The molecule has 0 bridgehead atoms. The number of Topliss-reactive ketones (excluding diaryl/α,β-unsaturated/α-hetero) is 1. The average molecular weight is 303 g/mol. The zero-order valence-corrected chi connectivity index (χ0v) is 12.8. The third-order valence-corrected chi connectivity index (χ3v) is 3.67. The molecule has 23 heavy (non-hydrogen) atoms. The molecule has 3 heteroatoms. The number of anilines is 3. The van der Waals surface area contributed by atoms with Gasteiger partial charge < -0.3 is 10.0 Å². The number of nitrogens with zero attached hydrogens (tertiary/aromatic N) is 1. The first-order valence-electron chi connectivity index (χ1n) is 7.41. The molecule has 0 atom stereocenters. The lowest BCUT2D eigenvalue weighted by Crippen LogP contribution is -2.10. The molecule has 0 aromatic heterocycles. The predicted octanol–water partition coefficient (Wildman–Crippen LogP) is 5.06. The van der Waals surface area contributed by atoms with E-state index in [1.54, 1.807) is 31.2 Å². The van der Waals surface area contributed by atoms with Crippen molar-refractivity contribution >= 4 is 22.8 Å². The SMILES string of the molecule is CC(=O)c1ccc(N(c2ccccc2)c2ccccc2O)cc1. The van der Waals surface area contributed by atoms with Crippen LogP contribution in [0.1, 0.15) is 17.3 Å². The molecule has 0 saturated heterocycles. The number of aromatic hydroxyl groups is 1. The van der Waals surface area contributed by atoms with Crippen molar-refractivity contribution in [2.75, 3.05) is 4.90 Å². The molecule has 0 radical (unpaired) electrons. The van der Waals surface area contributed by atoms with Gasteiger partial charge in [-0.3, -0.25) is 4.79 Å². The smallest absolute Gasteiger partial charge is 0.159 e. The number of carbonyl (C=O) groups is 1. The molecule has 1 N–H and O–H groups in total. The Kier molecular flexibility index (Phi) is 4.11. The minimum atomic E-state index is 0.0327. The molecular formula is C20H17NO2. The van der Waals surface area contributed by atoms with Crippen LogP contribution in [0.4, 0.5) is 17.1 Å². The lowest BCUT2D eigenvalue weighted by Gasteiger charge is -2.26. The Labute approximate surface area is 135 Å². The lowest BCUT2D eigenvalue weighted by molar-refractivity contribution is 0.101. The van der Waals surface area contributed by atoms with Crippen molar-refractivity contribution in [1.82, 2.24) is 0 Å². The summed E-state index contributed by atoms with van der Waals surface area (Å²) in [6.45, 7) is 1.55. The van der Waals surface area contributed by atoms with Gasteiger partial charge >= 0.3 is 0 Å². The second kappa shape index (κ2) is 6.36. The number of carbonyl (C=O) groups excluding carboxylic acids is 1. The van der Waals surface area contributed by atoms with Crippen LogP contribution < -0.4 is 4.90 Å². The molecule has 0 aliphatic heterocycles. The number of hydrogen-bond acceptors (Lipinski definition) is 3. The van der Waals surface area contributed by atoms with Crippen LogP contribution in [0.5, 0.6) is 5.75 Å². The van der Waals surface area contributed by atoms with Crippen LogP contribution in [0.2, 0.25) is 0 Å². The molecule has 114 valence electrons. The average Bonchev–Trinajstić information content (AvgIpc) is 2.58. The summed E-state index contributed by atoms with van der Waals surface area (Å²) < 4.78 is 0. The first-order chi connectivity index (χ1) is 11.2. The summed E-state index contributed by atoms with van der Waals surface area (Å²) in [6, 6.07) is 24.4. The zero-order valence-electron chi connectivity index (χ0n) is 12.8. The van der Waals surface area contributed by atoms with Gasteiger partial charge in [0.2, 0.25) is 0 Å². The van der Waals surface area contributed by atoms with Crippen LogP contribution in [0.15, 0.2) is 78.9 Å². The van der Waals surface area contributed by atoms with Crippen LogP contribution >= 0.6 is 0 Å². The van der Waals surface area contributed by atoms with E-state index in [2.05, 4.69) is 0 Å². The second-order valence-corrected chi connectivity index (χ2v) is 5.26. The van der Waals surface area contributed by atoms with E-state index in [0.717, 1.165) is 11.4 Å². The van der Waals surface area contributed by atoms with Crippen LogP contribution in [0.25, 0.3) is 0 Å². The van der Waals surface area contributed by atoms with Crippen LogP contribution in [0.3, 0.4) is 0 Å². The van der Waals surface area contributed by atoms with Gasteiger partial charge in [-0.1, -0.05) is 30.3 Å². The number of phenols is 1. The quantitative estimate of drug-likeness (QED) is 0.684. The largest absolute Gasteiger partial charge is 0.506 e. The van der Waals surface area contributed by atoms with Gasteiger partial charge in [-0.25, -0.2) is 0 Å². The molecule has 3 nitrogen and oxygen atoms in total. The lowest BCUT2D eigenvalue weighted by atomic mass is 10.1. The Bertz CT molecular complexity index is 811. The summed E-state index contributed by atoms with van der Waals surface area (Å²) in [6.07, 6.45) is 0. The molecule has 0 unspecified atom stereocenters. The van der Waals surface area contributed by atoms with Gasteiger partial charge in [0.1, 0.15) is 5.75 Å². The minimum absolute atomic E-state index is 0.0327. The number of hydrogen-bond donors (Lipinski definition) is 1. The standard InChI is InChI=1S/C20H17NO2/c1-15(22)16-11-13-18(14-12-16)21(17-7-3-2-4-8-17)19-9-5-6-10-20(19)23/h2-14,23H,1H3. The second-order valence-electron chi connectivity index (χ2n) is 5.26. The fourth-order valence-electron chi connectivity index (χ4n) is 2.50. The van der Waals surface area contributed by atoms with E-state index in [4.69, 9.17) is 0 Å². The monoisotopic (exact) mass is 303 g/mol. The highest BCUT2D eigenvalue weighted by molar-refractivity contribution is 5.94. The zero-order chi connectivity index (χ0) is 16.2. The molecule has 0 heterocycles. The Balaban J connectivity index is 2.13. The highest BCUT2D eigenvalue weighted by Crippen LogP contribution is 2.39. The maximum absolute atomic E-state index is 11.5. The first-order valence-corrected chi connectivity index (χ1v) is 7.41. The molecule has 0 saturated carbocycles. The number of para-hydroxylation sites is 3. The topological polar surface area (TPSA) is 40.5 Å². The fourth-order valence-corrected chi connectivity index (χ4v) is 2.50. The summed E-state index contributed by atoms with van der Waals surface area (Å²) in [4.78, 5) is 13.4. The molecule has 0 aliphatic rings. The molecule has 3 aromatic carbocycles. The summed E-state index contributed by atoms with van der Waals surface area (Å²) >= 11 is 0. The van der Waals surface area contributed by atoms with Gasteiger partial charge in [0.25, 0.3) is 0 Å². The van der Waals surface area contributed by atoms with Gasteiger partial charge in [-0.2, -0.15) is 0 Å². The number of phenolic OH excluding ortho intramolecular Hbond substituents is 1. The van der Waals surface area contributed by atoms with Crippen molar-refractivity contribution < 1.29 is 9.90 Å². The normalized spacial score (nSPS) is 10.3. The maximum atomic E-state index is 11.5. The highest BCUT2D eigenvalue weighted by Gasteiger charge is 2.15. The molecule has 3 aromatic rings. The molecule has 0 fully saturated rings. The molecule has 0 amide bonds. The van der Waals surface area contributed by atoms with E-state index < -0.39 is 0 Å². The van der Waals surface area contributed by atoms with Crippen molar-refractivity contribution in [1.29, 1.82) is 0 Å². The Morgan fingerprint density at radius 1 is 0.783 bits per heavy atom. The summed E-state index contributed by atoms with van der Waals surface area (Å²) in [5.74, 6) is 0.234. The summed E-state index contributed by atoms with van der Waals surface area (Å²) in [5, 5.41) is 10.3. The van der Waals surface area contributed by atoms with Crippen molar-refractivity contribution in [3.05, 3.63) is 84.4 Å². The van der Waals surface area contributed by atoms with Crippen LogP contribution in [-0.2, 0) is 0 Å². The Morgan fingerprint density at radius 3 is 1.96 bits per heavy atom. The van der Waals surface area contributed by atoms with Crippen LogP contribution in [-0.4, -0.2) is 10.9 Å². The number of rotatable bonds is 4. The van der Waals surface area contributed by atoms with Gasteiger partial charge in [0.15, 0.2) is 5.78 Å². The van der Waals surface area contributed by atoms with E-state index >= 15 is 0 Å². The number of benzene rings is 3. The predicted molar refractivity (Wildman–Crippen MR) is 92.8 cm³/mol. The third-order valence-electron chi connectivity index (χ3n) is 3.67. The molecule has 0 aliphatic carbocycles. The molecule has 0 spiro atoms. The van der Waals surface area contributed by atoms with Crippen molar-refractivity contribution in [2.45, 2.75) is 6.92 Å². The summed E-state index contributed by atoms with van der Waals surface area (Å²) in [7, 11) is 0. The maximum Gasteiger partial charge on any atom is 0.159 e. The van der Waals surface area contributed by atoms with E-state index in [1.165, 1.54) is 0 Å². The molecule has 3 rings (SSSR count). The van der Waals surface area contributed by atoms with E-state index in [1.807, 2.05) is 59.5 Å². The van der Waals surface area contributed by atoms with Gasteiger partial charge in [0.05, 0.1) is 5.69 Å². The van der Waals surface area contributed by atoms with Gasteiger partial charge in [-0.15, -0.1) is 0 Å². The summed E-state index contributed by atoms with van der Waals surface area (Å²) in [5.41, 5.74) is 3.17. The van der Waals surface area contributed by atoms with Crippen LogP contribution in [0, 0.1) is 0 Å². The first kappa shape index (κ1) is 14.9. The molecular weight excluding hydrogens is 286 g/mol. The number of ketones is 1. The third kappa shape index (κ3) is 3.09. The van der Waals surface area contributed by atoms with Crippen molar-refractivity contribution in [3.8, 4) is 5.75 Å². The van der Waals surface area contributed by atoms with Crippen molar-refractivity contribution in [2.24, 2.45) is 0 Å². The van der Waals surface area contributed by atoms with Gasteiger partial charge in [0, 0.05) is 16.9 Å². The minimum Gasteiger partial charge on any atom is -0.506 e.